The van der Waals surface area contributed by atoms with E-state index in [0.29, 0.717) is 25.7 Å². The predicted molar refractivity (Wildman–Crippen MR) is 99.0 cm³/mol. The fourth-order valence-corrected chi connectivity index (χ4v) is 3.94. The van der Waals surface area contributed by atoms with Crippen molar-refractivity contribution in [3.05, 3.63) is 29.8 Å². The van der Waals surface area contributed by atoms with Crippen molar-refractivity contribution in [2.75, 3.05) is 44.9 Å². The van der Waals surface area contributed by atoms with Crippen LogP contribution in [0.1, 0.15) is 32.3 Å². The Balaban J connectivity index is 1.71. The Labute approximate surface area is 150 Å². The summed E-state index contributed by atoms with van der Waals surface area (Å²) in [6, 6.07) is 8.61. The van der Waals surface area contributed by atoms with Gasteiger partial charge in [-0.1, -0.05) is 32.0 Å². The summed E-state index contributed by atoms with van der Waals surface area (Å²) in [6.07, 6.45) is 1.56. The number of para-hydroxylation sites is 1. The molecule has 0 radical (unpaired) electrons. The average Bonchev–Trinajstić information content (AvgIpc) is 3.17. The van der Waals surface area contributed by atoms with Crippen molar-refractivity contribution in [1.82, 2.24) is 5.32 Å². The van der Waals surface area contributed by atoms with E-state index in [2.05, 4.69) is 48.3 Å². The Hall–Kier alpha value is -1.59. The molecule has 2 heterocycles. The number of carbonyl (C=O) groups is 1. The summed E-state index contributed by atoms with van der Waals surface area (Å²) in [6.45, 7) is 8.19. The third-order valence-electron chi connectivity index (χ3n) is 5.32. The smallest absolute Gasteiger partial charge is 0.249 e. The molecule has 25 heavy (non-hydrogen) atoms. The molecule has 1 aromatic rings. The summed E-state index contributed by atoms with van der Waals surface area (Å²) in [5, 5.41) is 2.90. The van der Waals surface area contributed by atoms with Gasteiger partial charge in [0.1, 0.15) is 6.10 Å². The monoisotopic (exact) mass is 346 g/mol. The molecule has 1 fully saturated rings. The van der Waals surface area contributed by atoms with Gasteiger partial charge in [0.15, 0.2) is 0 Å². The van der Waals surface area contributed by atoms with Crippen molar-refractivity contribution < 1.29 is 14.3 Å². The lowest BCUT2D eigenvalue weighted by Crippen LogP contribution is -2.38. The van der Waals surface area contributed by atoms with Crippen molar-refractivity contribution in [3.63, 3.8) is 0 Å². The van der Waals surface area contributed by atoms with Crippen molar-refractivity contribution in [3.8, 4) is 0 Å². The van der Waals surface area contributed by atoms with Gasteiger partial charge in [0.25, 0.3) is 0 Å². The van der Waals surface area contributed by atoms with Crippen LogP contribution in [-0.4, -0.2) is 52.0 Å². The maximum atomic E-state index is 12.4. The Bertz CT molecular complexity index is 604. The zero-order valence-corrected chi connectivity index (χ0v) is 15.6. The topological polar surface area (TPSA) is 50.8 Å². The van der Waals surface area contributed by atoms with Crippen LogP contribution in [0.3, 0.4) is 0 Å². The number of hydrogen-bond donors (Lipinski definition) is 1. The lowest BCUT2D eigenvalue weighted by Gasteiger charge is -2.25. The van der Waals surface area contributed by atoms with Gasteiger partial charge < -0.3 is 19.7 Å². The number of ether oxygens (including phenoxy) is 2. The number of amides is 1. The molecule has 0 saturated carbocycles. The van der Waals surface area contributed by atoms with Crippen LogP contribution in [0.15, 0.2) is 24.3 Å². The third-order valence-corrected chi connectivity index (χ3v) is 5.32. The Morgan fingerprint density at radius 1 is 1.44 bits per heavy atom. The standard InChI is InChI=1S/C20H30N2O3/c1-15(2)8-10-22-13-20(16-6-4-5-7-17(16)22)12-18(25-14-20)19(23)21-9-11-24-3/h4-7,15,18H,8-14H2,1-3H3,(H,21,23)/t18-,20+/m1/s1. The molecule has 2 atom stereocenters. The van der Waals surface area contributed by atoms with Gasteiger partial charge in [0.2, 0.25) is 5.91 Å². The largest absolute Gasteiger partial charge is 0.383 e. The van der Waals surface area contributed by atoms with E-state index in [4.69, 9.17) is 9.47 Å². The van der Waals surface area contributed by atoms with Gasteiger partial charge >= 0.3 is 0 Å². The van der Waals surface area contributed by atoms with E-state index in [0.717, 1.165) is 19.5 Å². The molecule has 0 unspecified atom stereocenters. The SMILES string of the molecule is COCCNC(=O)[C@H]1C[C@@]2(CO1)CN(CCC(C)C)c1ccccc12. The van der Waals surface area contributed by atoms with Crippen LogP contribution in [-0.2, 0) is 19.7 Å². The molecule has 0 aliphatic carbocycles. The first kappa shape index (κ1) is 18.2. The molecule has 1 spiro atoms. The first-order chi connectivity index (χ1) is 12.1. The molecule has 1 N–H and O–H groups in total. The van der Waals surface area contributed by atoms with Gasteiger partial charge in [-0.15, -0.1) is 0 Å². The van der Waals surface area contributed by atoms with E-state index in [9.17, 15) is 4.79 Å². The maximum absolute atomic E-state index is 12.4. The van der Waals surface area contributed by atoms with E-state index in [1.807, 2.05) is 0 Å². The fourth-order valence-electron chi connectivity index (χ4n) is 3.94. The highest BCUT2D eigenvalue weighted by Gasteiger charge is 2.50. The Morgan fingerprint density at radius 2 is 2.24 bits per heavy atom. The van der Waals surface area contributed by atoms with E-state index >= 15 is 0 Å². The molecule has 1 amide bonds. The van der Waals surface area contributed by atoms with E-state index in [1.54, 1.807) is 7.11 Å². The number of benzene rings is 1. The summed E-state index contributed by atoms with van der Waals surface area (Å²) in [5.74, 6) is 0.662. The number of carbonyl (C=O) groups excluding carboxylic acids is 1. The third kappa shape index (κ3) is 3.82. The van der Waals surface area contributed by atoms with Crippen molar-refractivity contribution >= 4 is 11.6 Å². The van der Waals surface area contributed by atoms with E-state index in [1.165, 1.54) is 17.7 Å². The highest BCUT2D eigenvalue weighted by atomic mass is 16.5. The quantitative estimate of drug-likeness (QED) is 0.770. The summed E-state index contributed by atoms with van der Waals surface area (Å²) in [4.78, 5) is 14.8. The fraction of sp³-hybridized carbons (Fsp3) is 0.650. The molecule has 1 aromatic carbocycles. The van der Waals surface area contributed by atoms with Gasteiger partial charge in [0, 0.05) is 37.8 Å². The number of anilines is 1. The molecule has 138 valence electrons. The zero-order valence-electron chi connectivity index (χ0n) is 15.6. The molecular weight excluding hydrogens is 316 g/mol. The number of nitrogens with zero attached hydrogens (tertiary/aromatic N) is 1. The molecule has 3 rings (SSSR count). The molecule has 5 heteroatoms. The lowest BCUT2D eigenvalue weighted by molar-refractivity contribution is -0.130. The predicted octanol–water partition coefficient (Wildman–Crippen LogP) is 2.34. The summed E-state index contributed by atoms with van der Waals surface area (Å²) in [7, 11) is 1.63. The minimum atomic E-state index is -0.366. The molecule has 0 bridgehead atoms. The van der Waals surface area contributed by atoms with Crippen molar-refractivity contribution in [2.45, 2.75) is 38.2 Å². The number of rotatable bonds is 7. The first-order valence-electron chi connectivity index (χ1n) is 9.28. The minimum absolute atomic E-state index is 0.0213. The maximum Gasteiger partial charge on any atom is 0.249 e. The van der Waals surface area contributed by atoms with Crippen LogP contribution in [0.4, 0.5) is 5.69 Å². The number of hydrogen-bond acceptors (Lipinski definition) is 4. The minimum Gasteiger partial charge on any atom is -0.383 e. The van der Waals surface area contributed by atoms with Gasteiger partial charge in [-0.25, -0.2) is 0 Å². The van der Waals surface area contributed by atoms with Crippen LogP contribution >= 0.6 is 0 Å². The first-order valence-corrected chi connectivity index (χ1v) is 9.28. The van der Waals surface area contributed by atoms with Gasteiger partial charge in [-0.05, 0) is 30.4 Å². The highest BCUT2D eigenvalue weighted by Crippen LogP contribution is 2.47. The molecule has 0 aromatic heterocycles. The highest BCUT2D eigenvalue weighted by molar-refractivity contribution is 5.81. The van der Waals surface area contributed by atoms with Crippen molar-refractivity contribution in [2.24, 2.45) is 5.92 Å². The zero-order chi connectivity index (χ0) is 17.9. The van der Waals surface area contributed by atoms with E-state index < -0.39 is 0 Å². The number of fused-ring (bicyclic) bond motifs is 2. The Morgan fingerprint density at radius 3 is 3.00 bits per heavy atom. The number of nitrogens with one attached hydrogen (secondary N) is 1. The average molecular weight is 346 g/mol. The molecule has 2 aliphatic rings. The van der Waals surface area contributed by atoms with E-state index in [-0.39, 0.29) is 17.4 Å². The van der Waals surface area contributed by atoms with Crippen LogP contribution in [0, 0.1) is 5.92 Å². The van der Waals surface area contributed by atoms with Crippen LogP contribution < -0.4 is 10.2 Å². The second-order valence-corrected chi connectivity index (χ2v) is 7.69. The van der Waals surface area contributed by atoms with Gasteiger partial charge in [0.05, 0.1) is 13.2 Å². The van der Waals surface area contributed by atoms with Crippen molar-refractivity contribution in [1.29, 1.82) is 0 Å². The Kier molecular flexibility index (Phi) is 5.64. The summed E-state index contributed by atoms with van der Waals surface area (Å²) in [5.41, 5.74) is 2.59. The lowest BCUT2D eigenvalue weighted by atomic mass is 9.80. The summed E-state index contributed by atoms with van der Waals surface area (Å²) < 4.78 is 10.9. The molecular formula is C20H30N2O3. The summed E-state index contributed by atoms with van der Waals surface area (Å²) >= 11 is 0. The van der Waals surface area contributed by atoms with Crippen LogP contribution in [0.5, 0.6) is 0 Å². The van der Waals surface area contributed by atoms with Gasteiger partial charge in [-0.2, -0.15) is 0 Å². The second kappa shape index (κ2) is 7.75. The molecule has 2 aliphatic heterocycles. The second-order valence-electron chi connectivity index (χ2n) is 7.69. The number of methoxy groups -OCH3 is 1. The normalized spacial score (nSPS) is 25.0. The van der Waals surface area contributed by atoms with Gasteiger partial charge in [-0.3, -0.25) is 4.79 Å². The van der Waals surface area contributed by atoms with Crippen LogP contribution in [0.2, 0.25) is 0 Å². The molecule has 1 saturated heterocycles. The molecule has 5 nitrogen and oxygen atoms in total. The van der Waals surface area contributed by atoms with Crippen LogP contribution in [0.25, 0.3) is 0 Å².